The molecule has 15 heteroatoms. The fraction of sp³-hybridized carbons (Fsp3) is 0.148. The van der Waals surface area contributed by atoms with Crippen LogP contribution >= 0.6 is 0 Å². The molecule has 1 saturated heterocycles. The minimum Gasteiger partial charge on any atom is -0.468 e. The number of ether oxygens (including phenoxy) is 3. The van der Waals surface area contributed by atoms with E-state index < -0.39 is 29.3 Å². The Kier molecular flexibility index (Phi) is 7.00. The number of aromatic nitrogens is 5. The highest BCUT2D eigenvalue weighted by atomic mass is 19.4. The number of halogens is 4. The maximum atomic E-state index is 13.9. The molecule has 6 rings (SSSR count). The van der Waals surface area contributed by atoms with Crippen molar-refractivity contribution in [1.82, 2.24) is 24.6 Å². The zero-order valence-electron chi connectivity index (χ0n) is 21.3. The molecule has 4 heterocycles. The summed E-state index contributed by atoms with van der Waals surface area (Å²) in [6.07, 6.45) is -0.575. The molecule has 2 amide bonds. The van der Waals surface area contributed by atoms with Crippen molar-refractivity contribution < 1.29 is 36.6 Å². The number of amides is 2. The molecule has 0 atom stereocenters. The lowest BCUT2D eigenvalue weighted by atomic mass is 10.1. The highest BCUT2D eigenvalue weighted by Gasteiger charge is 2.31. The van der Waals surface area contributed by atoms with Gasteiger partial charge in [0.15, 0.2) is 5.65 Å². The van der Waals surface area contributed by atoms with Gasteiger partial charge in [0.1, 0.15) is 17.7 Å². The van der Waals surface area contributed by atoms with Crippen LogP contribution in [0.25, 0.3) is 16.9 Å². The van der Waals surface area contributed by atoms with E-state index in [-0.39, 0.29) is 17.8 Å². The molecule has 0 saturated carbocycles. The van der Waals surface area contributed by atoms with Crippen LogP contribution < -0.4 is 20.1 Å². The number of nitrogens with zero attached hydrogens (tertiary/aromatic N) is 5. The first-order valence-electron chi connectivity index (χ1n) is 12.4. The highest BCUT2D eigenvalue weighted by Crippen LogP contribution is 2.32. The summed E-state index contributed by atoms with van der Waals surface area (Å²) in [5.74, 6) is -0.140. The molecule has 214 valence electrons. The summed E-state index contributed by atoms with van der Waals surface area (Å²) < 4.78 is 70.8. The molecular weight excluding hydrogens is 562 g/mol. The van der Waals surface area contributed by atoms with Crippen LogP contribution in [0.15, 0.2) is 73.2 Å². The van der Waals surface area contributed by atoms with Gasteiger partial charge in [-0.05, 0) is 48.5 Å². The number of anilines is 2. The number of rotatable bonds is 7. The van der Waals surface area contributed by atoms with Crippen LogP contribution in [0.1, 0.15) is 5.56 Å². The quantitative estimate of drug-likeness (QED) is 0.240. The molecule has 2 N–H and O–H groups in total. The Morgan fingerprint density at radius 2 is 1.71 bits per heavy atom. The van der Waals surface area contributed by atoms with Gasteiger partial charge in [-0.2, -0.15) is 13.2 Å². The van der Waals surface area contributed by atoms with E-state index in [0.29, 0.717) is 48.7 Å². The molecule has 0 unspecified atom stereocenters. The molecule has 3 aromatic heterocycles. The van der Waals surface area contributed by atoms with Crippen LogP contribution in [0.2, 0.25) is 0 Å². The van der Waals surface area contributed by atoms with E-state index in [1.807, 2.05) is 11.4 Å². The molecule has 11 nitrogen and oxygen atoms in total. The number of nitrogens with one attached hydrogen (secondary N) is 2. The molecule has 0 aliphatic carbocycles. The van der Waals surface area contributed by atoms with Gasteiger partial charge in [0, 0.05) is 11.6 Å². The van der Waals surface area contributed by atoms with Crippen LogP contribution in [0.4, 0.5) is 33.7 Å². The predicted molar refractivity (Wildman–Crippen MR) is 140 cm³/mol. The Hall–Kier alpha value is -5.31. The minimum atomic E-state index is -4.69. The lowest BCUT2D eigenvalue weighted by Crippen LogP contribution is -2.38. The first-order chi connectivity index (χ1) is 20.2. The number of carbonyl (C=O) groups is 1. The van der Waals surface area contributed by atoms with Crippen LogP contribution in [0, 0.1) is 5.82 Å². The number of alkyl halides is 3. The summed E-state index contributed by atoms with van der Waals surface area (Å²) in [7, 11) is 0. The lowest BCUT2D eigenvalue weighted by molar-refractivity contribution is -0.137. The van der Waals surface area contributed by atoms with E-state index in [1.54, 1.807) is 41.0 Å². The van der Waals surface area contributed by atoms with Crippen LogP contribution in [0.5, 0.6) is 17.6 Å². The average molecular weight is 581 g/mol. The number of hydrogen-bond donors (Lipinski definition) is 2. The summed E-state index contributed by atoms with van der Waals surface area (Å²) >= 11 is 0. The van der Waals surface area contributed by atoms with Crippen molar-refractivity contribution in [3.8, 4) is 28.9 Å². The largest absolute Gasteiger partial charge is 0.468 e. The number of carbonyl (C=O) groups excluding carboxylic acids is 1. The first-order valence-corrected chi connectivity index (χ1v) is 12.4. The SMILES string of the molecule is O=C(Nc1cnc(Oc2ccc(-c3cnc4ccc(OC5COC5)nn34)cc2)nc1)Nc1cc(C(F)(F)F)ccc1F. The smallest absolute Gasteiger partial charge is 0.416 e. The van der Waals surface area contributed by atoms with Gasteiger partial charge >= 0.3 is 18.2 Å². The van der Waals surface area contributed by atoms with E-state index in [1.165, 1.54) is 12.4 Å². The second-order valence-electron chi connectivity index (χ2n) is 9.01. The summed E-state index contributed by atoms with van der Waals surface area (Å²) in [6.45, 7) is 1.06. The third kappa shape index (κ3) is 5.90. The van der Waals surface area contributed by atoms with E-state index >= 15 is 0 Å². The van der Waals surface area contributed by atoms with Gasteiger partial charge in [-0.25, -0.2) is 28.7 Å². The third-order valence-corrected chi connectivity index (χ3v) is 6.02. The maximum absolute atomic E-state index is 13.9. The third-order valence-electron chi connectivity index (χ3n) is 6.02. The van der Waals surface area contributed by atoms with Gasteiger partial charge in [0.2, 0.25) is 5.88 Å². The number of imidazole rings is 1. The summed E-state index contributed by atoms with van der Waals surface area (Å²) in [6, 6.07) is 11.3. The monoisotopic (exact) mass is 581 g/mol. The van der Waals surface area contributed by atoms with Gasteiger partial charge < -0.3 is 24.8 Å². The first kappa shape index (κ1) is 26.9. The number of hydrogen-bond acceptors (Lipinski definition) is 8. The van der Waals surface area contributed by atoms with Crippen molar-refractivity contribution in [2.75, 3.05) is 23.8 Å². The van der Waals surface area contributed by atoms with Gasteiger partial charge in [-0.15, -0.1) is 5.10 Å². The molecule has 1 aliphatic rings. The minimum absolute atomic E-state index is 0.0170. The zero-order valence-corrected chi connectivity index (χ0v) is 21.3. The van der Waals surface area contributed by atoms with Crippen molar-refractivity contribution in [2.24, 2.45) is 0 Å². The summed E-state index contributed by atoms with van der Waals surface area (Å²) in [5.41, 5.74) is 0.557. The van der Waals surface area contributed by atoms with E-state index in [4.69, 9.17) is 14.2 Å². The molecule has 1 fully saturated rings. The zero-order chi connectivity index (χ0) is 29.3. The Morgan fingerprint density at radius 1 is 0.952 bits per heavy atom. The Labute approximate surface area is 234 Å². The molecule has 0 bridgehead atoms. The van der Waals surface area contributed by atoms with Crippen molar-refractivity contribution in [1.29, 1.82) is 0 Å². The lowest BCUT2D eigenvalue weighted by Gasteiger charge is -2.25. The normalized spacial score (nSPS) is 13.4. The van der Waals surface area contributed by atoms with Crippen molar-refractivity contribution in [3.63, 3.8) is 0 Å². The fourth-order valence-corrected chi connectivity index (χ4v) is 3.88. The molecule has 0 radical (unpaired) electrons. The van der Waals surface area contributed by atoms with Gasteiger partial charge in [0.25, 0.3) is 0 Å². The molecule has 2 aromatic carbocycles. The summed E-state index contributed by atoms with van der Waals surface area (Å²) in [5, 5.41) is 8.87. The van der Waals surface area contributed by atoms with Crippen molar-refractivity contribution >= 4 is 23.1 Å². The maximum Gasteiger partial charge on any atom is 0.416 e. The van der Waals surface area contributed by atoms with Crippen molar-refractivity contribution in [2.45, 2.75) is 12.3 Å². The highest BCUT2D eigenvalue weighted by molar-refractivity contribution is 5.99. The van der Waals surface area contributed by atoms with Crippen LogP contribution in [-0.2, 0) is 10.9 Å². The van der Waals surface area contributed by atoms with E-state index in [0.717, 1.165) is 11.3 Å². The average Bonchev–Trinajstić information content (AvgIpc) is 3.36. The molecule has 1 aliphatic heterocycles. The standard InChI is InChI=1S/C27H19F4N7O4/c28-20-6-3-16(27(29,30)31)9-21(20)36-25(39)35-17-10-33-26(34-11-17)42-18-4-1-15(2-5-18)22-12-32-23-7-8-24(37-38(22)23)41-19-13-40-14-19/h1-12,19H,13-14H2,(H2,35,36,39). The van der Waals surface area contributed by atoms with Crippen LogP contribution in [-0.4, -0.2) is 49.9 Å². The number of urea groups is 1. The van der Waals surface area contributed by atoms with Crippen molar-refractivity contribution in [3.05, 3.63) is 84.6 Å². The number of benzene rings is 2. The topological polar surface area (TPSA) is 125 Å². The Morgan fingerprint density at radius 3 is 2.40 bits per heavy atom. The second kappa shape index (κ2) is 10.9. The van der Waals surface area contributed by atoms with E-state index in [2.05, 4.69) is 25.4 Å². The Bertz CT molecular complexity index is 1740. The number of fused-ring (bicyclic) bond motifs is 1. The van der Waals surface area contributed by atoms with Gasteiger partial charge in [0.05, 0.1) is 54.4 Å². The van der Waals surface area contributed by atoms with Gasteiger partial charge in [-0.1, -0.05) is 0 Å². The second-order valence-corrected chi connectivity index (χ2v) is 9.01. The Balaban J connectivity index is 1.08. The molecule has 0 spiro atoms. The van der Waals surface area contributed by atoms with Crippen LogP contribution in [0.3, 0.4) is 0 Å². The van der Waals surface area contributed by atoms with Gasteiger partial charge in [-0.3, -0.25) is 0 Å². The summed E-state index contributed by atoms with van der Waals surface area (Å²) in [4.78, 5) is 24.6. The molecule has 42 heavy (non-hydrogen) atoms. The molecule has 5 aromatic rings. The predicted octanol–water partition coefficient (Wildman–Crippen LogP) is 5.56. The fourth-order valence-electron chi connectivity index (χ4n) is 3.88. The molecular formula is C27H19F4N7O4. The van der Waals surface area contributed by atoms with E-state index in [9.17, 15) is 22.4 Å².